The third-order valence-corrected chi connectivity index (χ3v) is 3.30. The zero-order valence-corrected chi connectivity index (χ0v) is 10.4. The van der Waals surface area contributed by atoms with Gasteiger partial charge in [0.15, 0.2) is 0 Å². The first-order chi connectivity index (χ1) is 8.04. The van der Waals surface area contributed by atoms with Crippen molar-refractivity contribution in [2.24, 2.45) is 5.92 Å². The van der Waals surface area contributed by atoms with E-state index in [1.807, 2.05) is 0 Å². The average Bonchev–Trinajstić information content (AvgIpc) is 2.35. The van der Waals surface area contributed by atoms with Crippen molar-refractivity contribution in [2.45, 2.75) is 11.8 Å². The molecule has 6 heteroatoms. The maximum Gasteiger partial charge on any atom is 0.356 e. The SMILES string of the molecule is COC(=O)c1cc(SCC(C)C(=O)O)ccn1. The molecule has 0 radical (unpaired) electrons. The highest BCUT2D eigenvalue weighted by Gasteiger charge is 2.12. The number of carbonyl (C=O) groups is 2. The number of hydrogen-bond donors (Lipinski definition) is 1. The summed E-state index contributed by atoms with van der Waals surface area (Å²) >= 11 is 1.37. The molecule has 1 unspecified atom stereocenters. The lowest BCUT2D eigenvalue weighted by molar-refractivity contribution is -0.140. The summed E-state index contributed by atoms with van der Waals surface area (Å²) in [5, 5.41) is 8.74. The molecule has 1 aromatic heterocycles. The Morgan fingerprint density at radius 1 is 1.59 bits per heavy atom. The second-order valence-electron chi connectivity index (χ2n) is 3.42. The number of methoxy groups -OCH3 is 1. The third-order valence-electron chi connectivity index (χ3n) is 2.05. The lowest BCUT2D eigenvalue weighted by atomic mass is 10.2. The summed E-state index contributed by atoms with van der Waals surface area (Å²) in [6.07, 6.45) is 1.50. The Morgan fingerprint density at radius 3 is 2.88 bits per heavy atom. The average molecular weight is 255 g/mol. The minimum absolute atomic E-state index is 0.223. The molecule has 0 amide bonds. The van der Waals surface area contributed by atoms with Crippen LogP contribution in [0.1, 0.15) is 17.4 Å². The van der Waals surface area contributed by atoms with Crippen molar-refractivity contribution in [1.29, 1.82) is 0 Å². The van der Waals surface area contributed by atoms with Gasteiger partial charge in [0, 0.05) is 16.8 Å². The topological polar surface area (TPSA) is 76.5 Å². The Labute approximate surface area is 103 Å². The molecule has 0 saturated heterocycles. The van der Waals surface area contributed by atoms with E-state index in [0.29, 0.717) is 5.75 Å². The van der Waals surface area contributed by atoms with E-state index in [0.717, 1.165) is 4.90 Å². The van der Waals surface area contributed by atoms with Gasteiger partial charge in [-0.1, -0.05) is 6.92 Å². The van der Waals surface area contributed by atoms with Gasteiger partial charge >= 0.3 is 11.9 Å². The molecule has 92 valence electrons. The maximum atomic E-state index is 11.2. The van der Waals surface area contributed by atoms with Crippen molar-refractivity contribution < 1.29 is 19.4 Å². The summed E-state index contributed by atoms with van der Waals surface area (Å²) in [6.45, 7) is 1.64. The zero-order chi connectivity index (χ0) is 12.8. The van der Waals surface area contributed by atoms with E-state index in [1.54, 1.807) is 19.1 Å². The van der Waals surface area contributed by atoms with E-state index in [-0.39, 0.29) is 5.69 Å². The van der Waals surface area contributed by atoms with E-state index < -0.39 is 17.9 Å². The van der Waals surface area contributed by atoms with E-state index in [1.165, 1.54) is 25.1 Å². The number of hydrogen-bond acceptors (Lipinski definition) is 5. The summed E-state index contributed by atoms with van der Waals surface area (Å²) in [7, 11) is 1.29. The predicted octanol–water partition coefficient (Wildman–Crippen LogP) is 1.68. The van der Waals surface area contributed by atoms with Gasteiger partial charge in [-0.3, -0.25) is 4.79 Å². The molecule has 0 spiro atoms. The van der Waals surface area contributed by atoms with E-state index in [9.17, 15) is 9.59 Å². The minimum atomic E-state index is -0.834. The van der Waals surface area contributed by atoms with Crippen molar-refractivity contribution in [3.05, 3.63) is 24.0 Å². The number of carbonyl (C=O) groups excluding carboxylic acids is 1. The molecule has 0 aliphatic heterocycles. The van der Waals surface area contributed by atoms with Crippen LogP contribution >= 0.6 is 11.8 Å². The summed E-state index contributed by atoms with van der Waals surface area (Å²) in [4.78, 5) is 26.5. The molecule has 0 aromatic carbocycles. The van der Waals surface area contributed by atoms with Crippen molar-refractivity contribution >= 4 is 23.7 Å². The van der Waals surface area contributed by atoms with Gasteiger partial charge < -0.3 is 9.84 Å². The molecule has 0 fully saturated rings. The Balaban J connectivity index is 2.66. The molecule has 17 heavy (non-hydrogen) atoms. The van der Waals surface area contributed by atoms with Crippen molar-refractivity contribution in [3.8, 4) is 0 Å². The molecular weight excluding hydrogens is 242 g/mol. The highest BCUT2D eigenvalue weighted by Crippen LogP contribution is 2.21. The molecule has 0 aliphatic rings. The normalized spacial score (nSPS) is 11.9. The smallest absolute Gasteiger partial charge is 0.356 e. The van der Waals surface area contributed by atoms with Crippen LogP contribution in [0.2, 0.25) is 0 Å². The number of carboxylic acids is 1. The van der Waals surface area contributed by atoms with Crippen LogP contribution in [0.3, 0.4) is 0 Å². The van der Waals surface area contributed by atoms with Crippen LogP contribution < -0.4 is 0 Å². The van der Waals surface area contributed by atoms with Crippen LogP contribution in [0.15, 0.2) is 23.2 Å². The van der Waals surface area contributed by atoms with Gasteiger partial charge in [0.2, 0.25) is 0 Å². The number of nitrogens with zero attached hydrogens (tertiary/aromatic N) is 1. The fourth-order valence-corrected chi connectivity index (χ4v) is 1.95. The second-order valence-corrected chi connectivity index (χ2v) is 4.51. The summed E-state index contributed by atoms with van der Waals surface area (Å²) in [6, 6.07) is 3.32. The quantitative estimate of drug-likeness (QED) is 0.637. The van der Waals surface area contributed by atoms with Crippen molar-refractivity contribution in [2.75, 3.05) is 12.9 Å². The number of thioether (sulfide) groups is 1. The van der Waals surface area contributed by atoms with Gasteiger partial charge in [0.05, 0.1) is 13.0 Å². The zero-order valence-electron chi connectivity index (χ0n) is 9.54. The Kier molecular flexibility index (Phi) is 4.96. The van der Waals surface area contributed by atoms with E-state index in [4.69, 9.17) is 5.11 Å². The van der Waals surface area contributed by atoms with E-state index in [2.05, 4.69) is 9.72 Å². The van der Waals surface area contributed by atoms with Gasteiger partial charge in [-0.15, -0.1) is 11.8 Å². The second kappa shape index (κ2) is 6.24. The number of ether oxygens (including phenoxy) is 1. The first kappa shape index (κ1) is 13.5. The predicted molar refractivity (Wildman–Crippen MR) is 63.1 cm³/mol. The molecule has 0 aliphatic carbocycles. The van der Waals surface area contributed by atoms with E-state index >= 15 is 0 Å². The first-order valence-corrected chi connectivity index (χ1v) is 5.93. The number of rotatable bonds is 5. The van der Waals surface area contributed by atoms with Gasteiger partial charge in [0.25, 0.3) is 0 Å². The van der Waals surface area contributed by atoms with Gasteiger partial charge in [-0.05, 0) is 12.1 Å². The highest BCUT2D eigenvalue weighted by molar-refractivity contribution is 7.99. The number of pyridine rings is 1. The maximum absolute atomic E-state index is 11.2. The number of carboxylic acid groups (broad SMARTS) is 1. The van der Waals surface area contributed by atoms with Gasteiger partial charge in [-0.2, -0.15) is 0 Å². The standard InChI is InChI=1S/C11H13NO4S/c1-7(10(13)14)6-17-8-3-4-12-9(5-8)11(15)16-2/h3-5,7H,6H2,1-2H3,(H,13,14). The van der Waals surface area contributed by atoms with Crippen LogP contribution in [0.4, 0.5) is 0 Å². The minimum Gasteiger partial charge on any atom is -0.481 e. The molecular formula is C11H13NO4S. The lowest BCUT2D eigenvalue weighted by Gasteiger charge is -2.06. The molecule has 5 nitrogen and oxygen atoms in total. The molecule has 0 bridgehead atoms. The molecule has 1 rings (SSSR count). The molecule has 0 saturated carbocycles. The summed E-state index contributed by atoms with van der Waals surface area (Å²) in [5.74, 6) is -1.33. The van der Waals surface area contributed by atoms with Crippen LogP contribution in [0.25, 0.3) is 0 Å². The van der Waals surface area contributed by atoms with Crippen LogP contribution in [0.5, 0.6) is 0 Å². The number of esters is 1. The Morgan fingerprint density at radius 2 is 2.29 bits per heavy atom. The van der Waals surface area contributed by atoms with Crippen molar-refractivity contribution in [3.63, 3.8) is 0 Å². The summed E-state index contributed by atoms with van der Waals surface area (Å²) in [5.41, 5.74) is 0.223. The Hall–Kier alpha value is -1.56. The largest absolute Gasteiger partial charge is 0.481 e. The molecule has 1 N–H and O–H groups in total. The van der Waals surface area contributed by atoms with Crippen LogP contribution in [-0.4, -0.2) is 34.9 Å². The first-order valence-electron chi connectivity index (χ1n) is 4.94. The molecule has 1 heterocycles. The lowest BCUT2D eigenvalue weighted by Crippen LogP contribution is -2.11. The third kappa shape index (κ3) is 4.07. The fraction of sp³-hybridized carbons (Fsp3) is 0.364. The van der Waals surface area contributed by atoms with Gasteiger partial charge in [-0.25, -0.2) is 9.78 Å². The fourth-order valence-electron chi connectivity index (χ4n) is 1.01. The Bertz CT molecular complexity index is 422. The van der Waals surface area contributed by atoms with Gasteiger partial charge in [0.1, 0.15) is 5.69 Å². The van der Waals surface area contributed by atoms with Crippen molar-refractivity contribution in [1.82, 2.24) is 4.98 Å². The van der Waals surface area contributed by atoms with Crippen LogP contribution in [0, 0.1) is 5.92 Å². The molecule has 1 atom stereocenters. The highest BCUT2D eigenvalue weighted by atomic mass is 32.2. The molecule has 1 aromatic rings. The van der Waals surface area contributed by atoms with Crippen LogP contribution in [-0.2, 0) is 9.53 Å². The summed E-state index contributed by atoms with van der Waals surface area (Å²) < 4.78 is 4.55. The monoisotopic (exact) mass is 255 g/mol. The number of aromatic nitrogens is 1. The number of aliphatic carboxylic acids is 1.